The number of aliphatic hydroxyl groups is 1. The highest BCUT2D eigenvalue weighted by Crippen LogP contribution is 2.45. The van der Waals surface area contributed by atoms with Crippen molar-refractivity contribution in [1.82, 2.24) is 0 Å². The van der Waals surface area contributed by atoms with Gasteiger partial charge in [-0.25, -0.2) is 9.13 Å². The molecule has 0 aromatic carbocycles. The minimum Gasteiger partial charge on any atom is -0.462 e. The monoisotopic (exact) mass is 1540 g/mol. The highest BCUT2D eigenvalue weighted by molar-refractivity contribution is 7.47. The summed E-state index contributed by atoms with van der Waals surface area (Å²) in [4.78, 5) is 73.1. The molecule has 0 aliphatic rings. The van der Waals surface area contributed by atoms with E-state index in [-0.39, 0.29) is 25.7 Å². The Kier molecular flexibility index (Phi) is 74.7. The van der Waals surface area contributed by atoms with Crippen LogP contribution < -0.4 is 0 Å². The lowest BCUT2D eigenvalue weighted by Crippen LogP contribution is -2.30. The molecule has 0 spiro atoms. The van der Waals surface area contributed by atoms with Crippen molar-refractivity contribution in [2.75, 3.05) is 39.6 Å². The Morgan fingerprint density at radius 1 is 0.276 bits per heavy atom. The molecule has 0 aromatic heterocycles. The van der Waals surface area contributed by atoms with Crippen LogP contribution in [0.2, 0.25) is 0 Å². The van der Waals surface area contributed by atoms with Crippen LogP contribution >= 0.6 is 15.6 Å². The fraction of sp³-hybridized carbons (Fsp3) is 0.953. The molecular formula is C86H168O17P2. The summed E-state index contributed by atoms with van der Waals surface area (Å²) in [5, 5.41) is 10.7. The third kappa shape index (κ3) is 78.5. The zero-order chi connectivity index (χ0) is 77.2. The standard InChI is InChI=1S/C86H168O17P2/c1-8-10-11-12-43-53-60-67-83(88)96-73-81(102-85(90)69-63-56-49-42-36-30-24-23-27-33-39-46-52-59-66-79(7)9-2)75-100-104(92,93)98-71-80(87)72-99-105(94,95)101-76-82(74-97-84(89)68-61-54-47-40-34-28-21-18-17-20-26-32-38-45-51-58-65-78(5)6)103-86(91)70-62-55-48-41-35-29-22-16-14-13-15-19-25-31-37-44-50-57-64-77(3)4/h77-82,87H,8-76H2,1-7H3,(H,92,93)(H,94,95)/t79?,80-,81+,82+/m0/s1. The molecule has 0 radical (unpaired) electrons. The first kappa shape index (κ1) is 103. The van der Waals surface area contributed by atoms with Crippen molar-refractivity contribution in [3.05, 3.63) is 0 Å². The summed E-state index contributed by atoms with van der Waals surface area (Å²) < 4.78 is 68.8. The molecule has 624 valence electrons. The molecule has 0 aromatic rings. The number of carbonyl (C=O) groups is 4. The summed E-state index contributed by atoms with van der Waals surface area (Å²) >= 11 is 0. The number of phosphoric acid groups is 2. The van der Waals surface area contributed by atoms with E-state index in [1.165, 1.54) is 250 Å². The van der Waals surface area contributed by atoms with Crippen LogP contribution in [0.4, 0.5) is 0 Å². The molecule has 0 saturated heterocycles. The van der Waals surface area contributed by atoms with E-state index >= 15 is 0 Å². The van der Waals surface area contributed by atoms with Crippen LogP contribution in [0.1, 0.15) is 453 Å². The molecule has 3 N–H and O–H groups in total. The maximum atomic E-state index is 13.1. The lowest BCUT2D eigenvalue weighted by Gasteiger charge is -2.21. The molecule has 0 heterocycles. The van der Waals surface area contributed by atoms with Crippen molar-refractivity contribution in [3.8, 4) is 0 Å². The van der Waals surface area contributed by atoms with Gasteiger partial charge in [0.05, 0.1) is 26.4 Å². The van der Waals surface area contributed by atoms with E-state index in [0.29, 0.717) is 25.7 Å². The van der Waals surface area contributed by atoms with Crippen molar-refractivity contribution in [3.63, 3.8) is 0 Å². The van der Waals surface area contributed by atoms with Crippen molar-refractivity contribution in [1.29, 1.82) is 0 Å². The molecule has 0 aliphatic carbocycles. The van der Waals surface area contributed by atoms with Gasteiger partial charge in [-0.15, -0.1) is 0 Å². The van der Waals surface area contributed by atoms with Crippen molar-refractivity contribution < 1.29 is 80.2 Å². The number of phosphoric ester groups is 2. The van der Waals surface area contributed by atoms with Crippen LogP contribution in [0.25, 0.3) is 0 Å². The van der Waals surface area contributed by atoms with E-state index in [1.807, 2.05) is 0 Å². The summed E-state index contributed by atoms with van der Waals surface area (Å²) in [5.74, 6) is 0.370. The van der Waals surface area contributed by atoms with Gasteiger partial charge in [-0.2, -0.15) is 0 Å². The lowest BCUT2D eigenvalue weighted by atomic mass is 9.99. The Bertz CT molecular complexity index is 2030. The first-order valence-corrected chi connectivity index (χ1v) is 47.4. The fourth-order valence-corrected chi connectivity index (χ4v) is 14.9. The van der Waals surface area contributed by atoms with Gasteiger partial charge < -0.3 is 33.8 Å². The molecule has 0 bridgehead atoms. The van der Waals surface area contributed by atoms with Gasteiger partial charge in [0.15, 0.2) is 12.2 Å². The van der Waals surface area contributed by atoms with Crippen LogP contribution in [0.15, 0.2) is 0 Å². The minimum atomic E-state index is -4.96. The Morgan fingerprint density at radius 3 is 0.724 bits per heavy atom. The van der Waals surface area contributed by atoms with Crippen LogP contribution in [-0.2, 0) is 65.4 Å². The number of rotatable bonds is 84. The summed E-state index contributed by atoms with van der Waals surface area (Å²) in [6.07, 6.45) is 66.8. The Morgan fingerprint density at radius 2 is 0.486 bits per heavy atom. The first-order valence-electron chi connectivity index (χ1n) is 44.4. The van der Waals surface area contributed by atoms with E-state index in [1.54, 1.807) is 0 Å². The second kappa shape index (κ2) is 76.1. The highest BCUT2D eigenvalue weighted by atomic mass is 31.2. The molecule has 17 nitrogen and oxygen atoms in total. The second-order valence-corrected chi connectivity index (χ2v) is 35.0. The Labute approximate surface area is 645 Å². The normalized spacial score (nSPS) is 14.1. The predicted molar refractivity (Wildman–Crippen MR) is 432 cm³/mol. The van der Waals surface area contributed by atoms with Gasteiger partial charge in [0.1, 0.15) is 19.3 Å². The Hall–Kier alpha value is -1.94. The zero-order valence-electron chi connectivity index (χ0n) is 69.2. The van der Waals surface area contributed by atoms with Gasteiger partial charge in [0.2, 0.25) is 0 Å². The number of hydrogen-bond acceptors (Lipinski definition) is 15. The molecule has 0 amide bonds. The van der Waals surface area contributed by atoms with E-state index in [2.05, 4.69) is 48.5 Å². The molecule has 6 atom stereocenters. The first-order chi connectivity index (χ1) is 50.8. The number of ether oxygens (including phenoxy) is 4. The van der Waals surface area contributed by atoms with Crippen molar-refractivity contribution >= 4 is 39.5 Å². The molecule has 0 saturated carbocycles. The van der Waals surface area contributed by atoms with Gasteiger partial charge in [-0.05, 0) is 43.4 Å². The summed E-state index contributed by atoms with van der Waals surface area (Å²) in [6, 6.07) is 0. The number of esters is 4. The van der Waals surface area contributed by atoms with Crippen LogP contribution in [0.3, 0.4) is 0 Å². The van der Waals surface area contributed by atoms with E-state index < -0.39 is 97.5 Å². The number of hydrogen-bond donors (Lipinski definition) is 3. The van der Waals surface area contributed by atoms with Gasteiger partial charge in [0, 0.05) is 25.7 Å². The summed E-state index contributed by atoms with van der Waals surface area (Å²) in [6.45, 7) is 12.1. The minimum absolute atomic E-state index is 0.107. The van der Waals surface area contributed by atoms with Gasteiger partial charge in [0.25, 0.3) is 0 Å². The maximum Gasteiger partial charge on any atom is 0.472 e. The summed E-state index contributed by atoms with van der Waals surface area (Å²) in [7, 11) is -9.92. The van der Waals surface area contributed by atoms with Gasteiger partial charge >= 0.3 is 39.5 Å². The molecular weight excluding hydrogens is 1370 g/mol. The third-order valence-electron chi connectivity index (χ3n) is 20.5. The van der Waals surface area contributed by atoms with Crippen molar-refractivity contribution in [2.45, 2.75) is 471 Å². The van der Waals surface area contributed by atoms with E-state index in [4.69, 9.17) is 37.0 Å². The molecule has 0 aliphatic heterocycles. The quantitative estimate of drug-likeness (QED) is 0.0222. The number of carbonyl (C=O) groups excluding carboxylic acids is 4. The van der Waals surface area contributed by atoms with Crippen LogP contribution in [0.5, 0.6) is 0 Å². The fourth-order valence-electron chi connectivity index (χ4n) is 13.3. The SMILES string of the molecule is CCCCCCCCCC(=O)OC[C@H](COP(=O)(O)OC[C@H](O)COP(=O)(O)OC[C@@H](COC(=O)CCCCCCCCCCCCCCCCCCC(C)C)OC(=O)CCCCCCCCCCCCCCCCCCCCC(C)C)OC(=O)CCCCCCCCCCCCCCCCC(C)CC. The molecule has 3 unspecified atom stereocenters. The van der Waals surface area contributed by atoms with Gasteiger partial charge in [-0.1, -0.05) is 402 Å². The second-order valence-electron chi connectivity index (χ2n) is 32.1. The number of unbranched alkanes of at least 4 members (excludes halogenated alkanes) is 51. The zero-order valence-corrected chi connectivity index (χ0v) is 71.0. The van der Waals surface area contributed by atoms with Crippen molar-refractivity contribution in [2.24, 2.45) is 17.8 Å². The van der Waals surface area contributed by atoms with Crippen LogP contribution in [-0.4, -0.2) is 96.7 Å². The summed E-state index contributed by atoms with van der Waals surface area (Å²) in [5.41, 5.74) is 0. The average Bonchev–Trinajstić information content (AvgIpc) is 0.904. The molecule has 0 rings (SSSR count). The predicted octanol–water partition coefficient (Wildman–Crippen LogP) is 26.1. The third-order valence-corrected chi connectivity index (χ3v) is 22.4. The maximum absolute atomic E-state index is 13.1. The van der Waals surface area contributed by atoms with E-state index in [0.717, 1.165) is 120 Å². The average molecular weight is 1540 g/mol. The molecule has 19 heteroatoms. The topological polar surface area (TPSA) is 237 Å². The van der Waals surface area contributed by atoms with Gasteiger partial charge in [-0.3, -0.25) is 37.3 Å². The Balaban J connectivity index is 5.17. The lowest BCUT2D eigenvalue weighted by molar-refractivity contribution is -0.161. The smallest absolute Gasteiger partial charge is 0.462 e. The molecule has 105 heavy (non-hydrogen) atoms. The van der Waals surface area contributed by atoms with Crippen LogP contribution in [0, 0.1) is 17.8 Å². The number of aliphatic hydroxyl groups excluding tert-OH is 1. The largest absolute Gasteiger partial charge is 0.472 e. The highest BCUT2D eigenvalue weighted by Gasteiger charge is 2.30. The van der Waals surface area contributed by atoms with E-state index in [9.17, 15) is 43.2 Å². The molecule has 0 fully saturated rings.